The van der Waals surface area contributed by atoms with Gasteiger partial charge in [0.15, 0.2) is 0 Å². The van der Waals surface area contributed by atoms with Crippen LogP contribution in [0.1, 0.15) is 32.4 Å². The fourth-order valence-corrected chi connectivity index (χ4v) is 2.41. The molecule has 0 aliphatic carbocycles. The average molecular weight is 243 g/mol. The largest absolute Gasteiger partial charge is 0.392 e. The van der Waals surface area contributed by atoms with Crippen LogP contribution >= 0.6 is 11.8 Å². The van der Waals surface area contributed by atoms with Gasteiger partial charge in [-0.15, -0.1) is 11.8 Å². The number of benzene rings is 1. The Kier molecular flexibility index (Phi) is 4.77. The maximum Gasteiger partial charge on any atom is 0.123 e. The van der Waals surface area contributed by atoms with Gasteiger partial charge in [0.2, 0.25) is 0 Å². The minimum Gasteiger partial charge on any atom is -0.392 e. The minimum atomic E-state index is -0.406. The van der Waals surface area contributed by atoms with E-state index in [1.165, 1.54) is 23.9 Å². The minimum absolute atomic E-state index is 0.0583. The van der Waals surface area contributed by atoms with Crippen molar-refractivity contribution >= 4 is 11.8 Å². The molecule has 90 valence electrons. The maximum atomic E-state index is 13.1. The Bertz CT molecular complexity index is 355. The molecule has 3 unspecified atom stereocenters. The summed E-state index contributed by atoms with van der Waals surface area (Å²) in [7, 11) is 0. The summed E-state index contributed by atoms with van der Waals surface area (Å²) >= 11 is 1.52. The summed E-state index contributed by atoms with van der Waals surface area (Å²) in [5.41, 5.74) is 6.58. The van der Waals surface area contributed by atoms with Gasteiger partial charge in [-0.3, -0.25) is 0 Å². The van der Waals surface area contributed by atoms with E-state index >= 15 is 0 Å². The number of thioether (sulfide) groups is 1. The van der Waals surface area contributed by atoms with Gasteiger partial charge >= 0.3 is 0 Å². The van der Waals surface area contributed by atoms with E-state index in [-0.39, 0.29) is 17.1 Å². The molecule has 0 aliphatic heterocycles. The fourth-order valence-electron chi connectivity index (χ4n) is 1.28. The predicted octanol–water partition coefficient (Wildman–Crippen LogP) is 2.71. The Hall–Kier alpha value is -0.580. The normalized spacial score (nSPS) is 16.9. The summed E-state index contributed by atoms with van der Waals surface area (Å²) in [6.45, 7) is 5.50. The summed E-state index contributed by atoms with van der Waals surface area (Å²) in [6.07, 6.45) is -0.406. The van der Waals surface area contributed by atoms with Crippen LogP contribution in [0.5, 0.6) is 0 Å². The summed E-state index contributed by atoms with van der Waals surface area (Å²) in [6, 6.07) is 4.39. The van der Waals surface area contributed by atoms with Crippen LogP contribution in [-0.4, -0.2) is 16.5 Å². The molecule has 2 nitrogen and oxygen atoms in total. The third-order valence-electron chi connectivity index (χ3n) is 2.45. The van der Waals surface area contributed by atoms with E-state index in [0.717, 1.165) is 10.5 Å². The molecule has 0 aliphatic rings. The van der Waals surface area contributed by atoms with Crippen molar-refractivity contribution in [1.29, 1.82) is 0 Å². The zero-order valence-electron chi connectivity index (χ0n) is 9.77. The second kappa shape index (κ2) is 5.66. The highest BCUT2D eigenvalue weighted by molar-refractivity contribution is 8.00. The van der Waals surface area contributed by atoms with Crippen molar-refractivity contribution < 1.29 is 9.50 Å². The average Bonchev–Trinajstić information content (AvgIpc) is 2.20. The van der Waals surface area contributed by atoms with Gasteiger partial charge in [-0.25, -0.2) is 4.39 Å². The van der Waals surface area contributed by atoms with Crippen LogP contribution in [0.25, 0.3) is 0 Å². The molecular formula is C12H18FNOS. The van der Waals surface area contributed by atoms with Crippen LogP contribution in [0.15, 0.2) is 23.1 Å². The van der Waals surface area contributed by atoms with Gasteiger partial charge in [-0.1, -0.05) is 6.92 Å². The molecule has 0 spiro atoms. The van der Waals surface area contributed by atoms with E-state index < -0.39 is 6.10 Å². The van der Waals surface area contributed by atoms with Crippen molar-refractivity contribution in [3.8, 4) is 0 Å². The number of hydrogen-bond donors (Lipinski definition) is 2. The third-order valence-corrected chi connectivity index (χ3v) is 3.85. The quantitative estimate of drug-likeness (QED) is 0.799. The lowest BCUT2D eigenvalue weighted by molar-refractivity contribution is 0.196. The Balaban J connectivity index is 2.95. The van der Waals surface area contributed by atoms with E-state index in [4.69, 9.17) is 5.73 Å². The highest BCUT2D eigenvalue weighted by atomic mass is 32.2. The molecule has 0 saturated heterocycles. The molecule has 1 aromatic carbocycles. The lowest BCUT2D eigenvalue weighted by Crippen LogP contribution is -2.16. The summed E-state index contributed by atoms with van der Waals surface area (Å²) in [5, 5.41) is 9.50. The van der Waals surface area contributed by atoms with Crippen molar-refractivity contribution in [2.24, 2.45) is 5.73 Å². The molecule has 0 saturated carbocycles. The Morgan fingerprint density at radius 3 is 2.44 bits per heavy atom. The Labute approximate surface area is 100 Å². The van der Waals surface area contributed by atoms with Gasteiger partial charge in [0.1, 0.15) is 5.82 Å². The number of nitrogens with two attached hydrogens (primary N) is 1. The monoisotopic (exact) mass is 243 g/mol. The smallest absolute Gasteiger partial charge is 0.123 e. The second-order valence-corrected chi connectivity index (χ2v) is 5.45. The summed E-state index contributed by atoms with van der Waals surface area (Å²) in [5.74, 6) is -0.277. The highest BCUT2D eigenvalue weighted by Crippen LogP contribution is 2.31. The van der Waals surface area contributed by atoms with Crippen LogP contribution in [0.2, 0.25) is 0 Å². The van der Waals surface area contributed by atoms with Crippen molar-refractivity contribution in [1.82, 2.24) is 0 Å². The highest BCUT2D eigenvalue weighted by Gasteiger charge is 2.15. The molecule has 0 bridgehead atoms. The number of hydrogen-bond acceptors (Lipinski definition) is 3. The lowest BCUT2D eigenvalue weighted by Gasteiger charge is -2.18. The van der Waals surface area contributed by atoms with Crippen LogP contribution in [-0.2, 0) is 0 Å². The van der Waals surface area contributed by atoms with Gasteiger partial charge < -0.3 is 10.8 Å². The summed E-state index contributed by atoms with van der Waals surface area (Å²) < 4.78 is 13.1. The number of halogens is 1. The number of rotatable bonds is 4. The topological polar surface area (TPSA) is 46.2 Å². The molecule has 1 rings (SSSR count). The molecule has 1 aromatic rings. The molecule has 0 aromatic heterocycles. The summed E-state index contributed by atoms with van der Waals surface area (Å²) in [4.78, 5) is 0.935. The maximum absolute atomic E-state index is 13.1. The van der Waals surface area contributed by atoms with Crippen LogP contribution in [0, 0.1) is 5.82 Å². The van der Waals surface area contributed by atoms with Crippen LogP contribution in [0.4, 0.5) is 4.39 Å². The zero-order valence-corrected chi connectivity index (χ0v) is 10.6. The molecule has 0 heterocycles. The van der Waals surface area contributed by atoms with Crippen LogP contribution < -0.4 is 5.73 Å². The predicted molar refractivity (Wildman–Crippen MR) is 66.0 cm³/mol. The standard InChI is InChI=1S/C12H18FNOS/c1-7(14)11-6-10(13)4-5-12(11)16-9(3)8(2)15/h4-9,15H,14H2,1-3H3. The molecule has 3 atom stereocenters. The van der Waals surface area contributed by atoms with E-state index in [1.807, 2.05) is 13.8 Å². The van der Waals surface area contributed by atoms with Crippen molar-refractivity contribution in [2.45, 2.75) is 43.1 Å². The third kappa shape index (κ3) is 3.47. The molecular weight excluding hydrogens is 225 g/mol. The first-order valence-corrected chi connectivity index (χ1v) is 6.19. The first-order chi connectivity index (χ1) is 7.41. The lowest BCUT2D eigenvalue weighted by atomic mass is 10.1. The van der Waals surface area contributed by atoms with Gasteiger partial charge in [-0.05, 0) is 37.6 Å². The zero-order chi connectivity index (χ0) is 12.3. The Morgan fingerprint density at radius 2 is 1.94 bits per heavy atom. The first kappa shape index (κ1) is 13.5. The van der Waals surface area contributed by atoms with E-state index in [2.05, 4.69) is 0 Å². The van der Waals surface area contributed by atoms with Gasteiger partial charge in [-0.2, -0.15) is 0 Å². The molecule has 0 radical (unpaired) electrons. The molecule has 0 amide bonds. The number of aliphatic hydroxyl groups is 1. The van der Waals surface area contributed by atoms with Gasteiger partial charge in [0.25, 0.3) is 0 Å². The van der Waals surface area contributed by atoms with Crippen molar-refractivity contribution in [2.75, 3.05) is 0 Å². The molecule has 3 N–H and O–H groups in total. The second-order valence-electron chi connectivity index (χ2n) is 4.03. The van der Waals surface area contributed by atoms with Crippen LogP contribution in [0.3, 0.4) is 0 Å². The van der Waals surface area contributed by atoms with Crippen molar-refractivity contribution in [3.05, 3.63) is 29.6 Å². The van der Waals surface area contributed by atoms with Crippen molar-refractivity contribution in [3.63, 3.8) is 0 Å². The Morgan fingerprint density at radius 1 is 1.31 bits per heavy atom. The van der Waals surface area contributed by atoms with Gasteiger partial charge in [0, 0.05) is 16.2 Å². The van der Waals surface area contributed by atoms with E-state index in [9.17, 15) is 9.50 Å². The first-order valence-electron chi connectivity index (χ1n) is 5.31. The SMILES string of the molecule is CC(N)c1cc(F)ccc1SC(C)C(C)O. The molecule has 0 fully saturated rings. The van der Waals surface area contributed by atoms with E-state index in [1.54, 1.807) is 13.0 Å². The van der Waals surface area contributed by atoms with E-state index in [0.29, 0.717) is 0 Å². The molecule has 16 heavy (non-hydrogen) atoms. The molecule has 4 heteroatoms. The van der Waals surface area contributed by atoms with Gasteiger partial charge in [0.05, 0.1) is 6.10 Å². The fraction of sp³-hybridized carbons (Fsp3) is 0.500. The number of aliphatic hydroxyl groups excluding tert-OH is 1.